The Morgan fingerprint density at radius 1 is 1.08 bits per heavy atom. The van der Waals surface area contributed by atoms with E-state index in [0.717, 1.165) is 43.4 Å². The molecule has 2 amide bonds. The van der Waals surface area contributed by atoms with Crippen LogP contribution in [0.2, 0.25) is 0 Å². The number of aromatic nitrogens is 4. The number of piperidine rings is 1. The van der Waals surface area contributed by atoms with Crippen LogP contribution in [0.3, 0.4) is 0 Å². The molecular formula is C26H28FN7O3. The molecule has 1 aromatic carbocycles. The van der Waals surface area contributed by atoms with E-state index in [1.807, 2.05) is 9.30 Å². The van der Waals surface area contributed by atoms with Crippen LogP contribution in [0.1, 0.15) is 32.1 Å². The van der Waals surface area contributed by atoms with Gasteiger partial charge in [-0.3, -0.25) is 4.40 Å². The molecule has 5 heterocycles. The largest absolute Gasteiger partial charge is 0.432 e. The molecule has 192 valence electrons. The number of ether oxygens (including phenoxy) is 1. The fraction of sp³-hybridized carbons (Fsp3) is 0.385. The van der Waals surface area contributed by atoms with Crippen molar-refractivity contribution in [2.45, 2.75) is 44.4 Å². The first-order valence-electron chi connectivity index (χ1n) is 12.6. The van der Waals surface area contributed by atoms with E-state index >= 15 is 0 Å². The zero-order valence-electron chi connectivity index (χ0n) is 20.3. The number of nitrogens with one attached hydrogen (secondary N) is 2. The highest BCUT2D eigenvalue weighted by Crippen LogP contribution is 2.32. The Bertz CT molecular complexity index is 1380. The van der Waals surface area contributed by atoms with Crippen LogP contribution in [0.15, 0.2) is 53.4 Å². The zero-order chi connectivity index (χ0) is 25.2. The van der Waals surface area contributed by atoms with Crippen molar-refractivity contribution in [3.05, 3.63) is 54.8 Å². The second-order valence-corrected chi connectivity index (χ2v) is 9.37. The van der Waals surface area contributed by atoms with Gasteiger partial charge < -0.3 is 24.7 Å². The number of likely N-dealkylation sites (tertiary alicyclic amines) is 1. The first-order chi connectivity index (χ1) is 18.1. The average Bonchev–Trinajstić information content (AvgIpc) is 3.52. The number of hydrogen-bond donors (Lipinski definition) is 2. The van der Waals surface area contributed by atoms with E-state index in [2.05, 4.69) is 20.6 Å². The van der Waals surface area contributed by atoms with Gasteiger partial charge in [0.05, 0.1) is 5.69 Å². The summed E-state index contributed by atoms with van der Waals surface area (Å²) in [7, 11) is 0. The van der Waals surface area contributed by atoms with Crippen LogP contribution in [0.5, 0.6) is 0 Å². The highest BCUT2D eigenvalue weighted by atomic mass is 19.1. The van der Waals surface area contributed by atoms with Crippen molar-refractivity contribution < 1.29 is 18.3 Å². The number of halogens is 1. The Labute approximate surface area is 212 Å². The Morgan fingerprint density at radius 3 is 2.81 bits per heavy atom. The smallest absolute Gasteiger partial charge is 0.319 e. The van der Waals surface area contributed by atoms with Crippen LogP contribution < -0.4 is 10.6 Å². The number of nitrogens with zero attached hydrogens (tertiary/aromatic N) is 5. The number of urea groups is 1. The van der Waals surface area contributed by atoms with Crippen LogP contribution in [-0.2, 0) is 4.74 Å². The highest BCUT2D eigenvalue weighted by Gasteiger charge is 2.27. The topological polar surface area (TPSA) is 110 Å². The Balaban J connectivity index is 1.20. The molecule has 2 aliphatic heterocycles. The van der Waals surface area contributed by atoms with Gasteiger partial charge in [0.15, 0.2) is 0 Å². The number of oxazole rings is 1. The molecule has 6 rings (SSSR count). The molecule has 0 aliphatic carbocycles. The lowest BCUT2D eigenvalue weighted by atomic mass is 10.1. The molecule has 4 aromatic rings. The van der Waals surface area contributed by atoms with E-state index in [1.54, 1.807) is 36.9 Å². The summed E-state index contributed by atoms with van der Waals surface area (Å²) in [5.41, 5.74) is 2.75. The third-order valence-electron chi connectivity index (χ3n) is 6.78. The first-order valence-corrected chi connectivity index (χ1v) is 12.6. The second kappa shape index (κ2) is 10.2. The Hall–Kier alpha value is -3.99. The van der Waals surface area contributed by atoms with Crippen molar-refractivity contribution in [3.63, 3.8) is 0 Å². The van der Waals surface area contributed by atoms with Crippen LogP contribution >= 0.6 is 0 Å². The van der Waals surface area contributed by atoms with Crippen molar-refractivity contribution in [2.75, 3.05) is 25.0 Å². The number of anilines is 1. The zero-order valence-corrected chi connectivity index (χ0v) is 20.3. The van der Waals surface area contributed by atoms with E-state index in [9.17, 15) is 9.18 Å². The Kier molecular flexibility index (Phi) is 6.44. The van der Waals surface area contributed by atoms with Gasteiger partial charge in [0.2, 0.25) is 5.95 Å². The van der Waals surface area contributed by atoms with E-state index in [1.165, 1.54) is 12.1 Å². The number of imidazole rings is 1. The predicted octanol–water partition coefficient (Wildman–Crippen LogP) is 4.30. The van der Waals surface area contributed by atoms with Gasteiger partial charge in [-0.25, -0.2) is 19.2 Å². The standard InChI is InChI=1S/C26H28FN7O3/c27-18-8-6-17(7-9-18)22-23(34-13-15-37-26(34)32-22)20-10-11-28-24(30-20)29-19-4-3-12-33(16-19)25(35)31-21-5-1-2-14-36-21/h6-11,13,15,19,21H,1-5,12,14,16H2,(H,31,35)(H,28,29,30). The Morgan fingerprint density at radius 2 is 1.97 bits per heavy atom. The van der Waals surface area contributed by atoms with Crippen LogP contribution in [0.25, 0.3) is 28.5 Å². The quantitative estimate of drug-likeness (QED) is 0.416. The van der Waals surface area contributed by atoms with Crippen LogP contribution in [-0.4, -0.2) is 62.2 Å². The monoisotopic (exact) mass is 505 g/mol. The molecule has 0 bridgehead atoms. The lowest BCUT2D eigenvalue weighted by Gasteiger charge is -2.34. The van der Waals surface area contributed by atoms with Crippen LogP contribution in [0, 0.1) is 5.82 Å². The van der Waals surface area contributed by atoms with Crippen molar-refractivity contribution in [2.24, 2.45) is 0 Å². The summed E-state index contributed by atoms with van der Waals surface area (Å²) in [6, 6.07) is 7.88. The summed E-state index contributed by atoms with van der Waals surface area (Å²) in [4.78, 5) is 28.4. The summed E-state index contributed by atoms with van der Waals surface area (Å²) < 4.78 is 26.5. The fourth-order valence-electron chi connectivity index (χ4n) is 4.95. The molecule has 37 heavy (non-hydrogen) atoms. The fourth-order valence-corrected chi connectivity index (χ4v) is 4.95. The molecule has 0 radical (unpaired) electrons. The van der Waals surface area contributed by atoms with Crippen molar-refractivity contribution in [3.8, 4) is 22.6 Å². The molecular weight excluding hydrogens is 477 g/mol. The maximum absolute atomic E-state index is 13.5. The van der Waals surface area contributed by atoms with E-state index < -0.39 is 0 Å². The van der Waals surface area contributed by atoms with Gasteiger partial charge >= 0.3 is 11.9 Å². The van der Waals surface area contributed by atoms with Crippen molar-refractivity contribution >= 4 is 17.8 Å². The molecule has 2 fully saturated rings. The minimum Gasteiger partial charge on any atom is -0.432 e. The predicted molar refractivity (Wildman–Crippen MR) is 134 cm³/mol. The molecule has 2 saturated heterocycles. The maximum Gasteiger partial charge on any atom is 0.319 e. The number of hydrogen-bond acceptors (Lipinski definition) is 7. The van der Waals surface area contributed by atoms with Crippen molar-refractivity contribution in [1.82, 2.24) is 29.6 Å². The number of carbonyl (C=O) groups is 1. The van der Waals surface area contributed by atoms with Gasteiger partial charge in [-0.05, 0) is 62.4 Å². The van der Waals surface area contributed by atoms with Gasteiger partial charge in [-0.2, -0.15) is 4.98 Å². The minimum atomic E-state index is -0.316. The van der Waals surface area contributed by atoms with Gasteiger partial charge in [0, 0.05) is 43.7 Å². The first kappa shape index (κ1) is 23.4. The van der Waals surface area contributed by atoms with E-state index in [0.29, 0.717) is 42.9 Å². The molecule has 11 heteroatoms. The number of amides is 2. The van der Waals surface area contributed by atoms with Gasteiger partial charge in [0.25, 0.3) is 0 Å². The number of carbonyl (C=O) groups excluding carboxylic acids is 1. The van der Waals surface area contributed by atoms with Gasteiger partial charge in [-0.15, -0.1) is 0 Å². The lowest BCUT2D eigenvalue weighted by molar-refractivity contribution is -0.00117. The van der Waals surface area contributed by atoms with E-state index in [4.69, 9.17) is 14.1 Å². The summed E-state index contributed by atoms with van der Waals surface area (Å²) in [5.74, 6) is 0.561. The summed E-state index contributed by atoms with van der Waals surface area (Å²) >= 11 is 0. The lowest BCUT2D eigenvalue weighted by Crippen LogP contribution is -2.52. The molecule has 10 nitrogen and oxygen atoms in total. The van der Waals surface area contributed by atoms with Gasteiger partial charge in [-0.1, -0.05) is 0 Å². The van der Waals surface area contributed by atoms with E-state index in [-0.39, 0.29) is 24.1 Å². The molecule has 2 aliphatic rings. The molecule has 0 spiro atoms. The summed E-state index contributed by atoms with van der Waals surface area (Å²) in [5, 5.41) is 6.41. The normalized spacial score (nSPS) is 20.2. The number of benzene rings is 1. The van der Waals surface area contributed by atoms with Gasteiger partial charge in [0.1, 0.15) is 29.7 Å². The number of fused-ring (bicyclic) bond motifs is 1. The average molecular weight is 506 g/mol. The molecule has 2 N–H and O–H groups in total. The maximum atomic E-state index is 13.5. The molecule has 2 atom stereocenters. The summed E-state index contributed by atoms with van der Waals surface area (Å²) in [6.45, 7) is 1.94. The van der Waals surface area contributed by atoms with Crippen LogP contribution in [0.4, 0.5) is 15.1 Å². The minimum absolute atomic E-state index is 0.0120. The molecule has 0 saturated carbocycles. The number of rotatable bonds is 5. The second-order valence-electron chi connectivity index (χ2n) is 9.37. The SMILES string of the molecule is O=C(NC1CCCCO1)N1CCCC(Nc2nccc(-c3c(-c4ccc(F)cc4)nc4occn34)n2)C1. The molecule has 2 unspecified atom stereocenters. The van der Waals surface area contributed by atoms with Crippen molar-refractivity contribution in [1.29, 1.82) is 0 Å². The third-order valence-corrected chi connectivity index (χ3v) is 6.78. The highest BCUT2D eigenvalue weighted by molar-refractivity contribution is 5.79. The molecule has 3 aromatic heterocycles. The summed E-state index contributed by atoms with van der Waals surface area (Å²) in [6.07, 6.45) is 9.53. The third kappa shape index (κ3) is 4.99.